The molecule has 2 aromatic rings. The van der Waals surface area contributed by atoms with Crippen LogP contribution >= 0.6 is 30.7 Å². The number of H-pyrrole nitrogens is 1. The Balaban J connectivity index is 1.60. The number of halogens is 1. The van der Waals surface area contributed by atoms with Gasteiger partial charge in [0.1, 0.15) is 11.5 Å². The molecule has 0 radical (unpaired) electrons. The van der Waals surface area contributed by atoms with Gasteiger partial charge in [0.05, 0.1) is 18.5 Å². The molecule has 0 bridgehead atoms. The van der Waals surface area contributed by atoms with E-state index >= 15 is 0 Å². The summed E-state index contributed by atoms with van der Waals surface area (Å²) in [4.78, 5) is 27.5. The van der Waals surface area contributed by atoms with Gasteiger partial charge in [-0.1, -0.05) is 6.07 Å². The highest BCUT2D eigenvalue weighted by molar-refractivity contribution is 14.1. The first-order valence-corrected chi connectivity index (χ1v) is 9.46. The number of rotatable bonds is 6. The molecule has 0 atom stereocenters. The Morgan fingerprint density at radius 2 is 2.13 bits per heavy atom. The molecule has 0 saturated carbocycles. The normalized spacial score (nSPS) is 13.6. The lowest BCUT2D eigenvalue weighted by Gasteiger charge is -2.06. The number of amides is 2. The summed E-state index contributed by atoms with van der Waals surface area (Å²) in [6.45, 7) is 0.555. The van der Waals surface area contributed by atoms with Crippen molar-refractivity contribution in [3.05, 3.63) is 35.8 Å². The van der Waals surface area contributed by atoms with E-state index in [1.165, 1.54) is 18.5 Å². The fourth-order valence-electron chi connectivity index (χ4n) is 1.76. The van der Waals surface area contributed by atoms with Gasteiger partial charge in [-0.15, -0.1) is 0 Å². The van der Waals surface area contributed by atoms with Crippen molar-refractivity contribution in [3.63, 3.8) is 0 Å². The van der Waals surface area contributed by atoms with Gasteiger partial charge in [0.15, 0.2) is 0 Å². The largest absolute Gasteiger partial charge is 0.354 e. The van der Waals surface area contributed by atoms with E-state index in [9.17, 15) is 9.59 Å². The second kappa shape index (κ2) is 7.33. The maximum atomic E-state index is 12.2. The standard InChI is InChI=1S/C13H13IN5O3P/c14-13(21)17-9-6-16-19-11(9)12(20)18-10-2-1-8(5-15-10)7-22-23-3-4-23/h1-2,5-6H,3-4,7H2,(H,16,19)(H,17,21)(H,15,18,20). The van der Waals surface area contributed by atoms with Crippen LogP contribution in [0.15, 0.2) is 24.5 Å². The first-order chi connectivity index (χ1) is 11.1. The second-order valence-corrected chi connectivity index (χ2v) is 7.86. The topological polar surface area (TPSA) is 109 Å². The average molecular weight is 445 g/mol. The molecule has 3 rings (SSSR count). The highest BCUT2D eigenvalue weighted by Crippen LogP contribution is 2.51. The minimum atomic E-state index is -0.430. The van der Waals surface area contributed by atoms with Crippen molar-refractivity contribution in [2.24, 2.45) is 0 Å². The molecule has 3 N–H and O–H groups in total. The molecule has 2 amide bonds. The van der Waals surface area contributed by atoms with Gasteiger partial charge in [0.25, 0.3) is 9.82 Å². The summed E-state index contributed by atoms with van der Waals surface area (Å²) in [6.07, 6.45) is 5.43. The minimum Gasteiger partial charge on any atom is -0.354 e. The van der Waals surface area contributed by atoms with E-state index in [1.807, 2.05) is 6.07 Å². The molecular weight excluding hydrogens is 432 g/mol. The monoisotopic (exact) mass is 445 g/mol. The number of nitrogens with one attached hydrogen (secondary N) is 3. The third-order valence-electron chi connectivity index (χ3n) is 2.99. The lowest BCUT2D eigenvalue weighted by Crippen LogP contribution is -2.16. The molecule has 3 heterocycles. The lowest BCUT2D eigenvalue weighted by atomic mass is 10.3. The number of anilines is 2. The van der Waals surface area contributed by atoms with E-state index in [0.717, 1.165) is 5.56 Å². The van der Waals surface area contributed by atoms with Crippen LogP contribution in [-0.4, -0.2) is 37.3 Å². The molecule has 10 heteroatoms. The van der Waals surface area contributed by atoms with Crippen LogP contribution in [0.4, 0.5) is 16.3 Å². The molecule has 1 aliphatic rings. The molecule has 2 aromatic heterocycles. The molecule has 120 valence electrons. The second-order valence-electron chi connectivity index (χ2n) is 4.77. The minimum absolute atomic E-state index is 0.167. The first kappa shape index (κ1) is 16.3. The molecule has 0 aromatic carbocycles. The van der Waals surface area contributed by atoms with Crippen LogP contribution in [0.3, 0.4) is 0 Å². The maximum absolute atomic E-state index is 12.2. The molecule has 0 unspecified atom stereocenters. The predicted molar refractivity (Wildman–Crippen MR) is 95.3 cm³/mol. The molecule has 1 aliphatic heterocycles. The molecule has 8 nitrogen and oxygen atoms in total. The SMILES string of the molecule is O=C(I)Nc1cn[nH]c1C(=O)Nc1ccc(COP2CC2)cn1. The zero-order valence-corrected chi connectivity index (χ0v) is 14.9. The van der Waals surface area contributed by atoms with Gasteiger partial charge in [0, 0.05) is 36.9 Å². The van der Waals surface area contributed by atoms with E-state index in [2.05, 4.69) is 25.8 Å². The van der Waals surface area contributed by atoms with Crippen molar-refractivity contribution in [3.8, 4) is 0 Å². The van der Waals surface area contributed by atoms with Crippen LogP contribution in [0.2, 0.25) is 0 Å². The number of hydrogen-bond donors (Lipinski definition) is 3. The van der Waals surface area contributed by atoms with Gasteiger partial charge in [-0.2, -0.15) is 5.10 Å². The van der Waals surface area contributed by atoms with Gasteiger partial charge >= 0.3 is 0 Å². The van der Waals surface area contributed by atoms with Gasteiger partial charge in [-0.05, 0) is 24.0 Å². The van der Waals surface area contributed by atoms with Gasteiger partial charge in [-0.3, -0.25) is 14.7 Å². The van der Waals surface area contributed by atoms with Crippen molar-refractivity contribution < 1.29 is 14.1 Å². The van der Waals surface area contributed by atoms with E-state index < -0.39 is 5.91 Å². The highest BCUT2D eigenvalue weighted by Gasteiger charge is 2.22. The van der Waals surface area contributed by atoms with Crippen LogP contribution in [-0.2, 0) is 11.1 Å². The number of pyridine rings is 1. The average Bonchev–Trinajstić information content (AvgIpc) is 3.24. The predicted octanol–water partition coefficient (Wildman–Crippen LogP) is 2.95. The Bertz CT molecular complexity index is 717. The summed E-state index contributed by atoms with van der Waals surface area (Å²) >= 11 is 1.58. The van der Waals surface area contributed by atoms with Gasteiger partial charge in [0.2, 0.25) is 0 Å². The number of nitrogens with zero attached hydrogens (tertiary/aromatic N) is 2. The Morgan fingerprint density at radius 3 is 2.78 bits per heavy atom. The Hall–Kier alpha value is -1.58. The summed E-state index contributed by atoms with van der Waals surface area (Å²) in [5, 5.41) is 11.5. The quantitative estimate of drug-likeness (QED) is 0.274. The highest BCUT2D eigenvalue weighted by atomic mass is 127. The third-order valence-corrected chi connectivity index (χ3v) is 4.56. The first-order valence-electron chi connectivity index (χ1n) is 6.76. The summed E-state index contributed by atoms with van der Waals surface area (Å²) in [5.41, 5.74) is 1.45. The fraction of sp³-hybridized carbons (Fsp3) is 0.231. The van der Waals surface area contributed by atoms with Crippen molar-refractivity contribution >= 4 is 52.1 Å². The molecule has 1 fully saturated rings. The zero-order valence-electron chi connectivity index (χ0n) is 11.9. The Labute approximate surface area is 146 Å². The summed E-state index contributed by atoms with van der Waals surface area (Å²) in [5.74, 6) is -0.0159. The zero-order chi connectivity index (χ0) is 16.2. The molecule has 1 saturated heterocycles. The van der Waals surface area contributed by atoms with Crippen LogP contribution in [0, 0.1) is 0 Å². The van der Waals surface area contributed by atoms with Crippen molar-refractivity contribution in [1.82, 2.24) is 15.2 Å². The third kappa shape index (κ3) is 4.69. The Kier molecular flexibility index (Phi) is 5.19. The number of carbonyl (C=O) groups excluding carboxylic acids is 2. The molecule has 0 aliphatic carbocycles. The van der Waals surface area contributed by atoms with Crippen LogP contribution < -0.4 is 10.6 Å². The van der Waals surface area contributed by atoms with E-state index in [0.29, 0.717) is 18.1 Å². The van der Waals surface area contributed by atoms with E-state index in [-0.39, 0.29) is 17.8 Å². The van der Waals surface area contributed by atoms with E-state index in [4.69, 9.17) is 4.52 Å². The number of hydrogen-bond acceptors (Lipinski definition) is 5. The van der Waals surface area contributed by atoms with Crippen LogP contribution in [0.5, 0.6) is 0 Å². The number of aromatic nitrogens is 3. The van der Waals surface area contributed by atoms with Gasteiger partial charge < -0.3 is 15.2 Å². The fourth-order valence-corrected chi connectivity index (χ4v) is 2.97. The van der Waals surface area contributed by atoms with Crippen LogP contribution in [0.1, 0.15) is 16.1 Å². The summed E-state index contributed by atoms with van der Waals surface area (Å²) < 4.78 is 5.35. The van der Waals surface area contributed by atoms with E-state index in [1.54, 1.807) is 34.9 Å². The maximum Gasteiger partial charge on any atom is 0.285 e. The van der Waals surface area contributed by atoms with Crippen LogP contribution in [0.25, 0.3) is 0 Å². The molecular formula is C13H13IN5O3P. The lowest BCUT2D eigenvalue weighted by molar-refractivity contribution is 0.102. The smallest absolute Gasteiger partial charge is 0.285 e. The van der Waals surface area contributed by atoms with Gasteiger partial charge in [-0.25, -0.2) is 4.98 Å². The number of carbonyl (C=O) groups is 2. The van der Waals surface area contributed by atoms with Crippen molar-refractivity contribution in [2.75, 3.05) is 23.0 Å². The number of aromatic amines is 1. The summed E-state index contributed by atoms with van der Waals surface area (Å²) in [6, 6.07) is 3.58. The molecule has 23 heavy (non-hydrogen) atoms. The Morgan fingerprint density at radius 1 is 1.30 bits per heavy atom. The van der Waals surface area contributed by atoms with Crippen molar-refractivity contribution in [2.45, 2.75) is 6.61 Å². The summed E-state index contributed by atoms with van der Waals surface area (Å²) in [7, 11) is -0.175. The van der Waals surface area contributed by atoms with Crippen molar-refractivity contribution in [1.29, 1.82) is 0 Å². The molecule has 0 spiro atoms.